The smallest absolute Gasteiger partial charge is 0.405 e. The topological polar surface area (TPSA) is 64.6 Å². The molecule has 0 bridgehead atoms. The molecule has 0 spiro atoms. The van der Waals surface area contributed by atoms with E-state index in [0.717, 1.165) is 9.94 Å². The van der Waals surface area contributed by atoms with Crippen LogP contribution in [0.4, 0.5) is 0 Å². The second-order valence-electron chi connectivity index (χ2n) is 22.0. The third-order valence-corrected chi connectivity index (χ3v) is 15.7. The number of rotatable bonds is 7. The average Bonchev–Trinajstić information content (AvgIpc) is 4.07. The highest BCUT2D eigenvalue weighted by Crippen LogP contribution is 2.43. The third-order valence-electron chi connectivity index (χ3n) is 15.2. The highest BCUT2D eigenvalue weighted by Gasteiger charge is 2.63. The lowest BCUT2D eigenvalue weighted by Crippen LogP contribution is -2.41. The molecule has 3 heterocycles. The standard InChI is InChI=1S/C24H25BO2.C18H13Br.C12H24B2O4.C6H12O/c1-23(2)24(3,4)27-25(26-23)22-15-9-14-21(17-22)20-13-8-12-19(16-20)18-10-6-5-7-11-18;19-18-11-5-10-17(13-18)16-9-4-8-15(12-16)14-6-2-1-3-7-14;1-9(2)10(3,4)16-13(15-9)14-17-11(5,6)12(7,8)18-14;1-7-6-4-2-3-5-6/h5-17H,1-4H3;1-13H;1-8H3;6H,2-5H2,1H3. The van der Waals surface area contributed by atoms with E-state index in [1.807, 2.05) is 73.6 Å². The van der Waals surface area contributed by atoms with Gasteiger partial charge in [0.1, 0.15) is 0 Å². The van der Waals surface area contributed by atoms with Gasteiger partial charge in [0.05, 0.1) is 39.7 Å². The fourth-order valence-corrected chi connectivity index (χ4v) is 9.05. The number of hydrogen-bond donors (Lipinski definition) is 0. The summed E-state index contributed by atoms with van der Waals surface area (Å²) >= 11 is 3.52. The summed E-state index contributed by atoms with van der Waals surface area (Å²) in [5.74, 6) is 0. The Hall–Kier alpha value is -4.29. The van der Waals surface area contributed by atoms with Crippen LogP contribution in [0.2, 0.25) is 0 Å². The molecule has 0 atom stereocenters. The number of methoxy groups -OCH3 is 1. The molecule has 0 radical (unpaired) electrons. The van der Waals surface area contributed by atoms with E-state index in [1.165, 1.54) is 70.2 Å². The molecule has 4 aliphatic rings. The van der Waals surface area contributed by atoms with Crippen molar-refractivity contribution in [1.82, 2.24) is 0 Å². The predicted molar refractivity (Wildman–Crippen MR) is 299 cm³/mol. The monoisotopic (exact) mass is 1020 g/mol. The molecule has 11 heteroatoms. The van der Waals surface area contributed by atoms with Gasteiger partial charge in [-0.05, 0) is 170 Å². The van der Waals surface area contributed by atoms with Crippen molar-refractivity contribution in [2.75, 3.05) is 7.11 Å². The van der Waals surface area contributed by atoms with E-state index in [-0.39, 0.29) is 40.7 Å². The zero-order chi connectivity index (χ0) is 51.2. The molecule has 6 aromatic rings. The van der Waals surface area contributed by atoms with Crippen molar-refractivity contribution in [2.45, 2.75) is 148 Å². The van der Waals surface area contributed by atoms with Gasteiger partial charge in [0.25, 0.3) is 0 Å². The van der Waals surface area contributed by atoms with Crippen LogP contribution in [0, 0.1) is 0 Å². The molecular weight excluding hydrogens is 945 g/mol. The maximum absolute atomic E-state index is 6.21. The SMILES string of the molecule is Brc1cccc(-c2cccc(-c3ccccc3)c2)c1.CC1(C)OB(B2OC(C)(C)C(C)(C)O2)OC1(C)C.CC1(C)OB(c2cccc(-c3cccc(-c4ccccc4)c3)c2)OC1(C)C.COC1CCCC1. The molecule has 1 aliphatic carbocycles. The molecule has 0 amide bonds. The van der Waals surface area contributed by atoms with E-state index in [0.29, 0.717) is 6.10 Å². The van der Waals surface area contributed by atoms with Gasteiger partial charge in [-0.1, -0.05) is 162 Å². The molecule has 10 rings (SSSR count). The average molecular weight is 1020 g/mol. The van der Waals surface area contributed by atoms with E-state index in [2.05, 4.69) is 183 Å². The Morgan fingerprint density at radius 3 is 1.06 bits per heavy atom. The fraction of sp³-hybridized carbons (Fsp3) is 0.400. The van der Waals surface area contributed by atoms with Gasteiger partial charge >= 0.3 is 21.1 Å². The van der Waals surface area contributed by atoms with Gasteiger partial charge in [0.15, 0.2) is 0 Å². The first-order valence-corrected chi connectivity index (χ1v) is 26.1. The molecule has 0 unspecified atom stereocenters. The van der Waals surface area contributed by atoms with E-state index in [1.54, 1.807) is 7.11 Å². The molecule has 7 nitrogen and oxygen atoms in total. The number of benzene rings is 6. The third kappa shape index (κ3) is 13.3. The molecule has 3 aliphatic heterocycles. The lowest BCUT2D eigenvalue weighted by molar-refractivity contribution is 0.00578. The van der Waals surface area contributed by atoms with Crippen LogP contribution in [0.1, 0.15) is 109 Å². The summed E-state index contributed by atoms with van der Waals surface area (Å²) in [6.45, 7) is 24.5. The van der Waals surface area contributed by atoms with Crippen LogP contribution in [-0.4, -0.2) is 68.0 Å². The minimum absolute atomic E-state index is 0.332. The Morgan fingerprint density at radius 1 is 0.380 bits per heavy atom. The van der Waals surface area contributed by atoms with Crippen LogP contribution in [-0.2, 0) is 32.7 Å². The number of hydrogen-bond acceptors (Lipinski definition) is 7. The van der Waals surface area contributed by atoms with Gasteiger partial charge in [0, 0.05) is 11.6 Å². The second-order valence-corrected chi connectivity index (χ2v) is 22.9. The predicted octanol–water partition coefficient (Wildman–Crippen LogP) is 14.9. The molecule has 372 valence electrons. The lowest BCUT2D eigenvalue weighted by Gasteiger charge is -2.32. The van der Waals surface area contributed by atoms with E-state index >= 15 is 0 Å². The summed E-state index contributed by atoms with van der Waals surface area (Å²) in [4.78, 5) is 0. The minimum Gasteiger partial charge on any atom is -0.405 e. The molecule has 6 aromatic carbocycles. The van der Waals surface area contributed by atoms with Crippen LogP contribution >= 0.6 is 15.9 Å². The van der Waals surface area contributed by atoms with Crippen molar-refractivity contribution < 1.29 is 32.7 Å². The Bertz CT molecular complexity index is 2580. The molecular formula is C60H74B3BrO7. The highest BCUT2D eigenvalue weighted by molar-refractivity contribution is 9.10. The zero-order valence-electron chi connectivity index (χ0n) is 44.4. The van der Waals surface area contributed by atoms with Gasteiger partial charge in [-0.25, -0.2) is 0 Å². The van der Waals surface area contributed by atoms with Gasteiger partial charge in [-0.15, -0.1) is 0 Å². The zero-order valence-corrected chi connectivity index (χ0v) is 46.0. The lowest BCUT2D eigenvalue weighted by atomic mass is 9.49. The van der Waals surface area contributed by atoms with Crippen LogP contribution in [0.3, 0.4) is 0 Å². The molecule has 0 N–H and O–H groups in total. The Morgan fingerprint density at radius 2 is 0.690 bits per heavy atom. The van der Waals surface area contributed by atoms with E-state index in [9.17, 15) is 0 Å². The molecule has 3 saturated heterocycles. The van der Waals surface area contributed by atoms with Crippen LogP contribution in [0.15, 0.2) is 162 Å². The fourth-order valence-electron chi connectivity index (χ4n) is 8.65. The Labute approximate surface area is 435 Å². The second kappa shape index (κ2) is 22.5. The van der Waals surface area contributed by atoms with Crippen molar-refractivity contribution in [1.29, 1.82) is 0 Å². The first-order valence-electron chi connectivity index (χ1n) is 25.3. The number of ether oxygens (including phenoxy) is 1. The van der Waals surface area contributed by atoms with Crippen molar-refractivity contribution in [3.8, 4) is 44.5 Å². The van der Waals surface area contributed by atoms with E-state index < -0.39 is 14.0 Å². The van der Waals surface area contributed by atoms with Gasteiger partial charge in [-0.3, -0.25) is 0 Å². The Kier molecular flexibility index (Phi) is 17.2. The molecule has 4 fully saturated rings. The van der Waals surface area contributed by atoms with Crippen LogP contribution in [0.25, 0.3) is 44.5 Å². The first-order chi connectivity index (χ1) is 33.5. The number of halogens is 1. The normalized spacial score (nSPS) is 20.0. The van der Waals surface area contributed by atoms with Crippen molar-refractivity contribution >= 4 is 42.5 Å². The maximum atomic E-state index is 6.21. The maximum Gasteiger partial charge on any atom is 0.494 e. The van der Waals surface area contributed by atoms with Gasteiger partial charge in [0.2, 0.25) is 0 Å². The molecule has 71 heavy (non-hydrogen) atoms. The van der Waals surface area contributed by atoms with Crippen molar-refractivity contribution in [2.24, 2.45) is 0 Å². The quantitative estimate of drug-likeness (QED) is 0.148. The van der Waals surface area contributed by atoms with Crippen LogP contribution < -0.4 is 5.46 Å². The van der Waals surface area contributed by atoms with Gasteiger partial charge in [-0.2, -0.15) is 0 Å². The van der Waals surface area contributed by atoms with E-state index in [4.69, 9.17) is 32.7 Å². The van der Waals surface area contributed by atoms with Crippen molar-refractivity contribution in [3.63, 3.8) is 0 Å². The summed E-state index contributed by atoms with van der Waals surface area (Å²) in [5.41, 5.74) is 8.71. The van der Waals surface area contributed by atoms with Gasteiger partial charge < -0.3 is 32.7 Å². The molecule has 1 saturated carbocycles. The molecule has 0 aromatic heterocycles. The van der Waals surface area contributed by atoms with Crippen LogP contribution in [0.5, 0.6) is 0 Å². The Balaban J connectivity index is 0.000000150. The first kappa shape index (κ1) is 54.5. The summed E-state index contributed by atoms with van der Waals surface area (Å²) < 4.78 is 42.5. The van der Waals surface area contributed by atoms with Crippen molar-refractivity contribution in [3.05, 3.63) is 162 Å². The summed E-state index contributed by atoms with van der Waals surface area (Å²) in [6, 6.07) is 55.1. The summed E-state index contributed by atoms with van der Waals surface area (Å²) in [7, 11) is 0.509. The summed E-state index contributed by atoms with van der Waals surface area (Å²) in [6.07, 6.45) is 5.92. The highest BCUT2D eigenvalue weighted by atomic mass is 79.9. The summed E-state index contributed by atoms with van der Waals surface area (Å²) in [5, 5.41) is 0. The minimum atomic E-state index is -0.476. The largest absolute Gasteiger partial charge is 0.494 e.